The van der Waals surface area contributed by atoms with Gasteiger partial charge in [-0.1, -0.05) is 0 Å². The minimum Gasteiger partial charge on any atom is -0.469 e. The lowest BCUT2D eigenvalue weighted by molar-refractivity contribution is -0.140. The Bertz CT molecular complexity index is 359. The lowest BCUT2D eigenvalue weighted by atomic mass is 10.1. The zero-order chi connectivity index (χ0) is 11.3. The van der Waals surface area contributed by atoms with Gasteiger partial charge < -0.3 is 4.74 Å². The summed E-state index contributed by atoms with van der Waals surface area (Å²) in [5, 5.41) is 0. The highest BCUT2D eigenvalue weighted by Crippen LogP contribution is 2.20. The zero-order valence-corrected chi connectivity index (χ0v) is 11.3. The van der Waals surface area contributed by atoms with E-state index >= 15 is 0 Å². The smallest absolute Gasteiger partial charge is 0.305 e. The third-order valence-corrected chi connectivity index (χ3v) is 3.80. The molecule has 15 heavy (non-hydrogen) atoms. The first-order valence-electron chi connectivity index (χ1n) is 4.49. The lowest BCUT2D eigenvalue weighted by Crippen LogP contribution is -2.02. The van der Waals surface area contributed by atoms with Gasteiger partial charge in [-0.05, 0) is 41.1 Å². The minimum atomic E-state index is -0.261. The Balaban J connectivity index is 2.34. The minimum absolute atomic E-state index is 0.104. The summed E-state index contributed by atoms with van der Waals surface area (Å²) in [6.07, 6.45) is 1.27. The van der Waals surface area contributed by atoms with Gasteiger partial charge in [0.1, 0.15) is 0 Å². The van der Waals surface area contributed by atoms with Gasteiger partial charge in [0, 0.05) is 12.8 Å². The van der Waals surface area contributed by atoms with E-state index in [0.29, 0.717) is 19.3 Å². The standard InChI is InChI=1S/C10H11IO3S/c1-14-10(13)4-2-3-7(12)8-5-6-9(11)15-8/h5-6H,2-4H2,1H3. The van der Waals surface area contributed by atoms with Crippen molar-refractivity contribution >= 4 is 45.7 Å². The molecule has 0 fully saturated rings. The quantitative estimate of drug-likeness (QED) is 0.471. The fourth-order valence-electron chi connectivity index (χ4n) is 1.08. The van der Waals surface area contributed by atoms with E-state index < -0.39 is 0 Å². The molecule has 82 valence electrons. The van der Waals surface area contributed by atoms with Gasteiger partial charge in [0.25, 0.3) is 0 Å². The number of hydrogen-bond donors (Lipinski definition) is 0. The van der Waals surface area contributed by atoms with Gasteiger partial charge in [-0.25, -0.2) is 0 Å². The Labute approximate surface area is 106 Å². The van der Waals surface area contributed by atoms with Gasteiger partial charge in [-0.3, -0.25) is 9.59 Å². The van der Waals surface area contributed by atoms with Gasteiger partial charge in [0.05, 0.1) is 14.9 Å². The molecule has 0 aromatic carbocycles. The van der Waals surface area contributed by atoms with Crippen LogP contribution in [-0.2, 0) is 9.53 Å². The summed E-state index contributed by atoms with van der Waals surface area (Å²) in [4.78, 5) is 23.2. The number of hydrogen-bond acceptors (Lipinski definition) is 4. The molecule has 1 aromatic rings. The molecule has 5 heteroatoms. The van der Waals surface area contributed by atoms with E-state index in [2.05, 4.69) is 27.3 Å². The van der Waals surface area contributed by atoms with Crippen molar-refractivity contribution in [2.24, 2.45) is 0 Å². The summed E-state index contributed by atoms with van der Waals surface area (Å²) in [6.45, 7) is 0. The summed E-state index contributed by atoms with van der Waals surface area (Å²) in [7, 11) is 1.35. The molecule has 0 N–H and O–H groups in total. The Morgan fingerprint density at radius 3 is 2.67 bits per heavy atom. The fourth-order valence-corrected chi connectivity index (χ4v) is 2.67. The average Bonchev–Trinajstić information content (AvgIpc) is 2.64. The maximum atomic E-state index is 11.6. The maximum absolute atomic E-state index is 11.6. The number of halogens is 1. The van der Waals surface area contributed by atoms with Crippen molar-refractivity contribution < 1.29 is 14.3 Å². The van der Waals surface area contributed by atoms with Gasteiger partial charge in [-0.15, -0.1) is 11.3 Å². The van der Waals surface area contributed by atoms with Crippen molar-refractivity contribution in [2.45, 2.75) is 19.3 Å². The number of methoxy groups -OCH3 is 1. The molecule has 1 rings (SSSR count). The highest BCUT2D eigenvalue weighted by molar-refractivity contribution is 14.1. The monoisotopic (exact) mass is 338 g/mol. The number of Topliss-reactive ketones (excluding diaryl/α,β-unsaturated/α-hetero) is 1. The van der Waals surface area contributed by atoms with Crippen LogP contribution in [0, 0.1) is 2.88 Å². The van der Waals surface area contributed by atoms with Gasteiger partial charge in [-0.2, -0.15) is 0 Å². The van der Waals surface area contributed by atoms with E-state index in [1.54, 1.807) is 0 Å². The molecule has 0 aliphatic rings. The van der Waals surface area contributed by atoms with Crippen LogP contribution in [0.5, 0.6) is 0 Å². The van der Waals surface area contributed by atoms with Crippen molar-refractivity contribution in [1.29, 1.82) is 0 Å². The third kappa shape index (κ3) is 4.29. The molecule has 3 nitrogen and oxygen atoms in total. The third-order valence-electron chi connectivity index (χ3n) is 1.86. The van der Waals surface area contributed by atoms with E-state index in [9.17, 15) is 9.59 Å². The van der Waals surface area contributed by atoms with Crippen LogP contribution >= 0.6 is 33.9 Å². The second kappa shape index (κ2) is 6.22. The highest BCUT2D eigenvalue weighted by Gasteiger charge is 2.09. The molecule has 0 saturated carbocycles. The summed E-state index contributed by atoms with van der Waals surface area (Å²) in [6, 6.07) is 3.74. The molecule has 0 amide bonds. The Kier molecular flexibility index (Phi) is 5.24. The molecule has 0 aliphatic carbocycles. The van der Waals surface area contributed by atoms with Crippen LogP contribution in [0.15, 0.2) is 12.1 Å². The largest absolute Gasteiger partial charge is 0.469 e. The lowest BCUT2D eigenvalue weighted by Gasteiger charge is -1.98. The average molecular weight is 338 g/mol. The normalized spacial score (nSPS) is 10.0. The molecule has 0 atom stereocenters. The number of esters is 1. The molecule has 1 heterocycles. The van der Waals surface area contributed by atoms with Crippen LogP contribution in [0.2, 0.25) is 0 Å². The van der Waals surface area contributed by atoms with Crippen LogP contribution in [0.3, 0.4) is 0 Å². The van der Waals surface area contributed by atoms with Gasteiger partial charge in [0.2, 0.25) is 0 Å². The van der Waals surface area contributed by atoms with Gasteiger partial charge >= 0.3 is 5.97 Å². The number of ether oxygens (including phenoxy) is 1. The first kappa shape index (κ1) is 12.6. The zero-order valence-electron chi connectivity index (χ0n) is 8.29. The van der Waals surface area contributed by atoms with Crippen molar-refractivity contribution in [1.82, 2.24) is 0 Å². The molecule has 1 aromatic heterocycles. The van der Waals surface area contributed by atoms with Gasteiger partial charge in [0.15, 0.2) is 5.78 Å². The second-order valence-electron chi connectivity index (χ2n) is 2.96. The van der Waals surface area contributed by atoms with Crippen LogP contribution in [0.4, 0.5) is 0 Å². The van der Waals surface area contributed by atoms with Crippen LogP contribution in [-0.4, -0.2) is 18.9 Å². The number of carbonyl (C=O) groups excluding carboxylic acids is 2. The van der Waals surface area contributed by atoms with Crippen LogP contribution in [0.25, 0.3) is 0 Å². The SMILES string of the molecule is COC(=O)CCCC(=O)c1ccc(I)s1. The summed E-state index contributed by atoms with van der Waals surface area (Å²) in [5.74, 6) is -0.157. The van der Waals surface area contributed by atoms with E-state index in [1.165, 1.54) is 18.4 Å². The van der Waals surface area contributed by atoms with Crippen LogP contribution in [0.1, 0.15) is 28.9 Å². The Morgan fingerprint density at radius 1 is 1.40 bits per heavy atom. The molecule has 0 spiro atoms. The van der Waals surface area contributed by atoms with Crippen molar-refractivity contribution in [2.75, 3.05) is 7.11 Å². The van der Waals surface area contributed by atoms with E-state index in [1.807, 2.05) is 12.1 Å². The van der Waals surface area contributed by atoms with Crippen molar-refractivity contribution in [3.63, 3.8) is 0 Å². The Morgan fingerprint density at radius 2 is 2.13 bits per heavy atom. The van der Waals surface area contributed by atoms with Crippen molar-refractivity contribution in [3.8, 4) is 0 Å². The van der Waals surface area contributed by atoms with E-state index in [4.69, 9.17) is 0 Å². The number of carbonyl (C=O) groups is 2. The molecular formula is C10H11IO3S. The first-order chi connectivity index (χ1) is 7.13. The topological polar surface area (TPSA) is 43.4 Å². The summed E-state index contributed by atoms with van der Waals surface area (Å²) >= 11 is 3.66. The number of ketones is 1. The molecule has 0 radical (unpaired) electrons. The number of rotatable bonds is 5. The predicted molar refractivity (Wildman–Crippen MR) is 67.2 cm³/mol. The molecular weight excluding hydrogens is 327 g/mol. The van der Waals surface area contributed by atoms with E-state index in [-0.39, 0.29) is 11.8 Å². The molecule has 0 bridgehead atoms. The van der Waals surface area contributed by atoms with Crippen molar-refractivity contribution in [3.05, 3.63) is 19.9 Å². The highest BCUT2D eigenvalue weighted by atomic mass is 127. The first-order valence-corrected chi connectivity index (χ1v) is 6.38. The summed E-state index contributed by atoms with van der Waals surface area (Å²) in [5.41, 5.74) is 0. The number of thiophene rings is 1. The van der Waals surface area contributed by atoms with Crippen LogP contribution < -0.4 is 0 Å². The second-order valence-corrected chi connectivity index (χ2v) is 5.93. The predicted octanol–water partition coefficient (Wildman–Crippen LogP) is 2.88. The molecule has 0 aliphatic heterocycles. The fraction of sp³-hybridized carbons (Fsp3) is 0.400. The van der Waals surface area contributed by atoms with E-state index in [0.717, 1.165) is 7.76 Å². The molecule has 0 saturated heterocycles. The molecule has 0 unspecified atom stereocenters. The Hall–Kier alpha value is -0.430. The maximum Gasteiger partial charge on any atom is 0.305 e. The summed E-state index contributed by atoms with van der Waals surface area (Å²) < 4.78 is 5.59.